The van der Waals surface area contributed by atoms with Gasteiger partial charge in [-0.3, -0.25) is 9.59 Å². The van der Waals surface area contributed by atoms with Crippen molar-refractivity contribution in [3.63, 3.8) is 0 Å². The Labute approximate surface area is 155 Å². The normalized spacial score (nSPS) is 22.9. The molecule has 0 spiro atoms. The van der Waals surface area contributed by atoms with E-state index in [1.165, 1.54) is 30.4 Å². The topological polar surface area (TPSA) is 43.9 Å². The Morgan fingerprint density at radius 1 is 1.15 bits per heavy atom. The molecule has 0 radical (unpaired) electrons. The number of benzene rings is 1. The van der Waals surface area contributed by atoms with E-state index in [0.717, 1.165) is 44.7 Å². The van der Waals surface area contributed by atoms with Crippen molar-refractivity contribution in [3.05, 3.63) is 29.3 Å². The Hall–Kier alpha value is -1.88. The molecule has 0 aromatic heterocycles. The van der Waals surface area contributed by atoms with Gasteiger partial charge in [0, 0.05) is 38.8 Å². The first-order valence-corrected chi connectivity index (χ1v) is 10.0. The van der Waals surface area contributed by atoms with Gasteiger partial charge in [0.1, 0.15) is 0 Å². The molecule has 1 aromatic rings. The number of aryl methyl sites for hydroxylation is 2. The van der Waals surface area contributed by atoms with Gasteiger partial charge >= 0.3 is 0 Å². The minimum Gasteiger partial charge on any atom is -0.344 e. The molecule has 2 fully saturated rings. The number of rotatable bonds is 5. The number of fused-ring (bicyclic) bond motifs is 1. The van der Waals surface area contributed by atoms with Crippen molar-refractivity contribution < 1.29 is 9.59 Å². The van der Waals surface area contributed by atoms with Gasteiger partial charge in [-0.2, -0.15) is 0 Å². The first-order valence-electron chi connectivity index (χ1n) is 10.0. The summed E-state index contributed by atoms with van der Waals surface area (Å²) in [4.78, 5) is 31.4. The molecule has 2 amide bonds. The molecule has 0 N–H and O–H groups in total. The van der Waals surface area contributed by atoms with Gasteiger partial charge in [0.15, 0.2) is 0 Å². The van der Waals surface area contributed by atoms with Gasteiger partial charge in [-0.05, 0) is 68.5 Å². The molecule has 1 aliphatic carbocycles. The highest BCUT2D eigenvalue weighted by molar-refractivity contribution is 6.00. The number of likely N-dealkylation sites (N-methyl/N-ethyl adjacent to an activating group) is 1. The summed E-state index contributed by atoms with van der Waals surface area (Å²) < 4.78 is 0. The average Bonchev–Trinajstić information content (AvgIpc) is 3.38. The fourth-order valence-corrected chi connectivity index (χ4v) is 4.57. The molecule has 140 valence electrons. The van der Waals surface area contributed by atoms with Crippen LogP contribution in [0.3, 0.4) is 0 Å². The lowest BCUT2D eigenvalue weighted by Gasteiger charge is -2.24. The maximum absolute atomic E-state index is 12.8. The summed E-state index contributed by atoms with van der Waals surface area (Å²) in [7, 11) is 1.88. The molecule has 5 nitrogen and oxygen atoms in total. The molecule has 1 unspecified atom stereocenters. The molecule has 2 heterocycles. The molecule has 1 aromatic carbocycles. The third-order valence-electron chi connectivity index (χ3n) is 6.19. The highest BCUT2D eigenvalue weighted by atomic mass is 16.2. The largest absolute Gasteiger partial charge is 0.344 e. The summed E-state index contributed by atoms with van der Waals surface area (Å²) in [5.41, 5.74) is 3.74. The van der Waals surface area contributed by atoms with Crippen LogP contribution in [0.25, 0.3) is 0 Å². The van der Waals surface area contributed by atoms with Gasteiger partial charge in [-0.25, -0.2) is 0 Å². The van der Waals surface area contributed by atoms with Crippen molar-refractivity contribution in [2.24, 2.45) is 5.92 Å². The predicted octanol–water partition coefficient (Wildman–Crippen LogP) is 2.08. The number of hydrogen-bond donors (Lipinski definition) is 0. The molecule has 0 saturated carbocycles. The minimum absolute atomic E-state index is 0.0780. The Morgan fingerprint density at radius 2 is 1.92 bits per heavy atom. The van der Waals surface area contributed by atoms with E-state index in [-0.39, 0.29) is 17.7 Å². The zero-order valence-corrected chi connectivity index (χ0v) is 15.7. The smallest absolute Gasteiger partial charge is 0.227 e. The van der Waals surface area contributed by atoms with Crippen LogP contribution in [0.4, 0.5) is 5.69 Å². The first kappa shape index (κ1) is 17.5. The SMILES string of the molecule is CN(CCN1CCCC1)C(=O)C1CC(=O)N(c2ccc3c(c2)CCC3)C1. The molecule has 4 rings (SSSR count). The molecule has 0 bridgehead atoms. The summed E-state index contributed by atoms with van der Waals surface area (Å²) in [6.07, 6.45) is 6.33. The van der Waals surface area contributed by atoms with Gasteiger partial charge in [0.05, 0.1) is 5.92 Å². The van der Waals surface area contributed by atoms with Crippen LogP contribution in [0.2, 0.25) is 0 Å². The van der Waals surface area contributed by atoms with E-state index in [9.17, 15) is 9.59 Å². The van der Waals surface area contributed by atoms with Crippen LogP contribution < -0.4 is 4.90 Å². The fourth-order valence-electron chi connectivity index (χ4n) is 4.57. The predicted molar refractivity (Wildman–Crippen MR) is 102 cm³/mol. The Balaban J connectivity index is 1.36. The van der Waals surface area contributed by atoms with Crippen LogP contribution in [0.15, 0.2) is 18.2 Å². The summed E-state index contributed by atoms with van der Waals surface area (Å²) in [6, 6.07) is 6.36. The quantitative estimate of drug-likeness (QED) is 0.812. The van der Waals surface area contributed by atoms with Crippen molar-refractivity contribution >= 4 is 17.5 Å². The van der Waals surface area contributed by atoms with E-state index >= 15 is 0 Å². The lowest BCUT2D eigenvalue weighted by molar-refractivity contribution is -0.134. The Bertz CT molecular complexity index is 696. The van der Waals surface area contributed by atoms with Gasteiger partial charge in [0.2, 0.25) is 11.8 Å². The number of carbonyl (C=O) groups excluding carboxylic acids is 2. The Kier molecular flexibility index (Phi) is 4.98. The van der Waals surface area contributed by atoms with Crippen LogP contribution in [-0.4, -0.2) is 61.4 Å². The second-order valence-corrected chi connectivity index (χ2v) is 8.02. The van der Waals surface area contributed by atoms with Crippen LogP contribution in [0, 0.1) is 5.92 Å². The second kappa shape index (κ2) is 7.39. The highest BCUT2D eigenvalue weighted by Gasteiger charge is 2.36. The van der Waals surface area contributed by atoms with Gasteiger partial charge in [-0.15, -0.1) is 0 Å². The molecule has 2 aliphatic heterocycles. The van der Waals surface area contributed by atoms with E-state index in [2.05, 4.69) is 17.0 Å². The fraction of sp³-hybridized carbons (Fsp3) is 0.619. The number of hydrogen-bond acceptors (Lipinski definition) is 3. The second-order valence-electron chi connectivity index (χ2n) is 8.02. The summed E-state index contributed by atoms with van der Waals surface area (Å²) in [6.45, 7) is 4.51. The number of amides is 2. The van der Waals surface area contributed by atoms with E-state index in [1.807, 2.05) is 22.9 Å². The lowest BCUT2D eigenvalue weighted by Crippen LogP contribution is -2.39. The molecule has 3 aliphatic rings. The van der Waals surface area contributed by atoms with Crippen molar-refractivity contribution in [3.8, 4) is 0 Å². The summed E-state index contributed by atoms with van der Waals surface area (Å²) in [5, 5.41) is 0. The lowest BCUT2D eigenvalue weighted by atomic mass is 10.1. The third kappa shape index (κ3) is 3.50. The molecule has 1 atom stereocenters. The zero-order valence-electron chi connectivity index (χ0n) is 15.7. The summed E-state index contributed by atoms with van der Waals surface area (Å²) >= 11 is 0. The highest BCUT2D eigenvalue weighted by Crippen LogP contribution is 2.31. The van der Waals surface area contributed by atoms with Crippen molar-refractivity contribution in [2.75, 3.05) is 44.7 Å². The zero-order chi connectivity index (χ0) is 18.1. The molecule has 5 heteroatoms. The van der Waals surface area contributed by atoms with E-state index in [1.54, 1.807) is 0 Å². The van der Waals surface area contributed by atoms with Crippen molar-refractivity contribution in [1.82, 2.24) is 9.80 Å². The number of anilines is 1. The van der Waals surface area contributed by atoms with Gasteiger partial charge in [-0.1, -0.05) is 6.07 Å². The maximum atomic E-state index is 12.8. The maximum Gasteiger partial charge on any atom is 0.227 e. The molecule has 2 saturated heterocycles. The molecule has 26 heavy (non-hydrogen) atoms. The summed E-state index contributed by atoms with van der Waals surface area (Å²) in [5.74, 6) is -0.0187. The number of nitrogens with zero attached hydrogens (tertiary/aromatic N) is 3. The first-order chi connectivity index (χ1) is 12.6. The van der Waals surface area contributed by atoms with Gasteiger partial charge in [0.25, 0.3) is 0 Å². The average molecular weight is 355 g/mol. The number of carbonyl (C=O) groups is 2. The monoisotopic (exact) mass is 355 g/mol. The van der Waals surface area contributed by atoms with Crippen molar-refractivity contribution in [2.45, 2.75) is 38.5 Å². The Morgan fingerprint density at radius 3 is 2.73 bits per heavy atom. The third-order valence-corrected chi connectivity index (χ3v) is 6.19. The van der Waals surface area contributed by atoms with Crippen LogP contribution in [-0.2, 0) is 22.4 Å². The molecular formula is C21H29N3O2. The van der Waals surface area contributed by atoms with Gasteiger partial charge < -0.3 is 14.7 Å². The standard InChI is InChI=1S/C21H29N3O2/c1-22(11-12-23-9-2-3-10-23)21(26)18-14-20(25)24(15-18)19-8-7-16-5-4-6-17(16)13-19/h7-8,13,18H,2-6,9-12,14-15H2,1H3. The van der Waals surface area contributed by atoms with Crippen LogP contribution in [0.5, 0.6) is 0 Å². The minimum atomic E-state index is -0.209. The van der Waals surface area contributed by atoms with E-state index in [4.69, 9.17) is 0 Å². The molecular weight excluding hydrogens is 326 g/mol. The van der Waals surface area contributed by atoms with Crippen LogP contribution in [0.1, 0.15) is 36.8 Å². The number of likely N-dealkylation sites (tertiary alicyclic amines) is 1. The van der Waals surface area contributed by atoms with E-state index in [0.29, 0.717) is 13.0 Å². The van der Waals surface area contributed by atoms with E-state index < -0.39 is 0 Å². The van der Waals surface area contributed by atoms with Crippen LogP contribution >= 0.6 is 0 Å². The van der Waals surface area contributed by atoms with Crippen molar-refractivity contribution in [1.29, 1.82) is 0 Å².